The highest BCUT2D eigenvalue weighted by Gasteiger charge is 2.39. The highest BCUT2D eigenvalue weighted by molar-refractivity contribution is 5.71. The maximum atomic E-state index is 10.6. The van der Waals surface area contributed by atoms with Gasteiger partial charge in [-0.3, -0.25) is 4.90 Å². The zero-order valence-corrected chi connectivity index (χ0v) is 10.6. The first kappa shape index (κ1) is 12.6. The van der Waals surface area contributed by atoms with E-state index in [2.05, 4.69) is 22.5 Å². The fraction of sp³-hybridized carbons (Fsp3) is 0.917. The molecule has 2 atom stereocenters. The largest absolute Gasteiger partial charge is 0.352 e. The number of carbonyl (C=O) groups is 1. The van der Waals surface area contributed by atoms with Crippen molar-refractivity contribution >= 4 is 6.03 Å². The van der Waals surface area contributed by atoms with Crippen LogP contribution in [0.3, 0.4) is 0 Å². The van der Waals surface area contributed by atoms with Crippen LogP contribution >= 0.6 is 0 Å². The van der Waals surface area contributed by atoms with Crippen molar-refractivity contribution in [1.29, 1.82) is 0 Å². The van der Waals surface area contributed by atoms with Gasteiger partial charge in [0.05, 0.1) is 0 Å². The average Bonchev–Trinajstić information content (AvgIpc) is 2.52. The van der Waals surface area contributed by atoms with Gasteiger partial charge in [0, 0.05) is 31.2 Å². The van der Waals surface area contributed by atoms with Crippen molar-refractivity contribution < 1.29 is 4.79 Å². The van der Waals surface area contributed by atoms with Crippen LogP contribution in [0, 0.1) is 0 Å². The zero-order chi connectivity index (χ0) is 12.3. The number of hydrogen-bond donors (Lipinski definition) is 3. The van der Waals surface area contributed by atoms with Crippen LogP contribution in [-0.2, 0) is 0 Å². The molecule has 4 N–H and O–H groups in total. The Kier molecular flexibility index (Phi) is 4.23. The Balaban J connectivity index is 1.79. The average molecular weight is 240 g/mol. The fourth-order valence-electron chi connectivity index (χ4n) is 3.40. The molecular formula is C12H24N4O. The summed E-state index contributed by atoms with van der Waals surface area (Å²) in [4.78, 5) is 13.2. The predicted octanol–water partition coefficient (Wildman–Crippen LogP) is 0.260. The number of nitrogens with two attached hydrogens (primary N) is 1. The van der Waals surface area contributed by atoms with Crippen molar-refractivity contribution in [2.75, 3.05) is 19.6 Å². The van der Waals surface area contributed by atoms with Gasteiger partial charge in [-0.05, 0) is 32.2 Å². The molecule has 2 saturated heterocycles. The molecule has 2 heterocycles. The van der Waals surface area contributed by atoms with E-state index in [4.69, 9.17) is 5.73 Å². The summed E-state index contributed by atoms with van der Waals surface area (Å²) >= 11 is 0. The first-order valence-electron chi connectivity index (χ1n) is 6.73. The number of nitrogens with one attached hydrogen (secondary N) is 2. The summed E-state index contributed by atoms with van der Waals surface area (Å²) in [6.45, 7) is 4.85. The SMILES string of the molecule is CCNC1CC2CCC(C1)N2CCNC(N)=O. The van der Waals surface area contributed by atoms with Crippen molar-refractivity contribution in [3.8, 4) is 0 Å². The quantitative estimate of drug-likeness (QED) is 0.645. The monoisotopic (exact) mass is 240 g/mol. The number of nitrogens with zero attached hydrogens (tertiary/aromatic N) is 1. The van der Waals surface area contributed by atoms with Crippen molar-refractivity contribution in [2.24, 2.45) is 5.73 Å². The molecular weight excluding hydrogens is 216 g/mol. The minimum Gasteiger partial charge on any atom is -0.352 e. The van der Waals surface area contributed by atoms with Gasteiger partial charge in [-0.2, -0.15) is 0 Å². The van der Waals surface area contributed by atoms with Gasteiger partial charge >= 0.3 is 6.03 Å². The van der Waals surface area contributed by atoms with E-state index in [0.29, 0.717) is 24.7 Å². The second-order valence-corrected chi connectivity index (χ2v) is 5.14. The number of amides is 2. The van der Waals surface area contributed by atoms with Crippen LogP contribution in [0.5, 0.6) is 0 Å². The Labute approximate surface area is 103 Å². The maximum absolute atomic E-state index is 10.6. The van der Waals surface area contributed by atoms with E-state index in [-0.39, 0.29) is 0 Å². The van der Waals surface area contributed by atoms with Gasteiger partial charge in [-0.15, -0.1) is 0 Å². The molecule has 0 radical (unpaired) electrons. The van der Waals surface area contributed by atoms with Crippen LogP contribution < -0.4 is 16.4 Å². The summed E-state index contributed by atoms with van der Waals surface area (Å²) in [6, 6.07) is 1.68. The first-order chi connectivity index (χ1) is 8.20. The van der Waals surface area contributed by atoms with E-state index < -0.39 is 6.03 Å². The van der Waals surface area contributed by atoms with E-state index in [1.165, 1.54) is 25.7 Å². The molecule has 2 fully saturated rings. The van der Waals surface area contributed by atoms with E-state index in [9.17, 15) is 4.79 Å². The third kappa shape index (κ3) is 3.10. The highest BCUT2D eigenvalue weighted by atomic mass is 16.2. The standard InChI is InChI=1S/C12H24N4O/c1-2-14-9-7-10-3-4-11(8-9)16(10)6-5-15-12(13)17/h9-11,14H,2-8H2,1H3,(H3,13,15,17). The van der Waals surface area contributed by atoms with Crippen LogP contribution in [0.15, 0.2) is 0 Å². The van der Waals surface area contributed by atoms with Crippen molar-refractivity contribution in [3.05, 3.63) is 0 Å². The van der Waals surface area contributed by atoms with Gasteiger partial charge in [0.2, 0.25) is 0 Å². The predicted molar refractivity (Wildman–Crippen MR) is 67.8 cm³/mol. The Morgan fingerprint density at radius 3 is 2.53 bits per heavy atom. The molecule has 2 bridgehead atoms. The lowest BCUT2D eigenvalue weighted by molar-refractivity contribution is 0.119. The third-order valence-corrected chi connectivity index (χ3v) is 4.05. The summed E-state index contributed by atoms with van der Waals surface area (Å²) < 4.78 is 0. The van der Waals surface area contributed by atoms with E-state index in [1.54, 1.807) is 0 Å². The van der Waals surface area contributed by atoms with E-state index in [1.807, 2.05) is 0 Å². The molecule has 0 aliphatic carbocycles. The normalized spacial score (nSPS) is 32.6. The molecule has 2 aliphatic rings. The molecule has 5 heteroatoms. The van der Waals surface area contributed by atoms with Crippen LogP contribution in [0.4, 0.5) is 4.79 Å². The van der Waals surface area contributed by atoms with Gasteiger partial charge in [0.15, 0.2) is 0 Å². The van der Waals surface area contributed by atoms with Crippen LogP contribution in [0.2, 0.25) is 0 Å². The summed E-state index contributed by atoms with van der Waals surface area (Å²) in [6.07, 6.45) is 5.12. The number of hydrogen-bond acceptors (Lipinski definition) is 3. The molecule has 5 nitrogen and oxygen atoms in total. The fourth-order valence-corrected chi connectivity index (χ4v) is 3.40. The Morgan fingerprint density at radius 1 is 1.35 bits per heavy atom. The second kappa shape index (κ2) is 5.69. The second-order valence-electron chi connectivity index (χ2n) is 5.14. The molecule has 0 aromatic heterocycles. The van der Waals surface area contributed by atoms with Crippen LogP contribution in [0.25, 0.3) is 0 Å². The van der Waals surface area contributed by atoms with E-state index in [0.717, 1.165) is 13.1 Å². The van der Waals surface area contributed by atoms with Gasteiger partial charge in [-0.1, -0.05) is 6.92 Å². The molecule has 0 spiro atoms. The minimum atomic E-state index is -0.417. The lowest BCUT2D eigenvalue weighted by Gasteiger charge is -2.39. The lowest BCUT2D eigenvalue weighted by Crippen LogP contribution is -2.51. The van der Waals surface area contributed by atoms with Gasteiger partial charge in [-0.25, -0.2) is 4.79 Å². The summed E-state index contributed by atoms with van der Waals surface area (Å²) in [7, 11) is 0. The number of fused-ring (bicyclic) bond motifs is 2. The lowest BCUT2D eigenvalue weighted by atomic mass is 9.97. The third-order valence-electron chi connectivity index (χ3n) is 4.05. The van der Waals surface area contributed by atoms with Gasteiger partial charge in [0.1, 0.15) is 0 Å². The van der Waals surface area contributed by atoms with Gasteiger partial charge in [0.25, 0.3) is 0 Å². The molecule has 2 aliphatic heterocycles. The van der Waals surface area contributed by atoms with Crippen LogP contribution in [-0.4, -0.2) is 48.7 Å². The Hall–Kier alpha value is -0.810. The van der Waals surface area contributed by atoms with Crippen LogP contribution in [0.1, 0.15) is 32.6 Å². The van der Waals surface area contributed by atoms with E-state index >= 15 is 0 Å². The molecule has 17 heavy (non-hydrogen) atoms. The summed E-state index contributed by atoms with van der Waals surface area (Å²) in [5, 5.41) is 6.24. The molecule has 2 rings (SSSR count). The topological polar surface area (TPSA) is 70.4 Å². The van der Waals surface area contributed by atoms with Crippen molar-refractivity contribution in [1.82, 2.24) is 15.5 Å². The first-order valence-corrected chi connectivity index (χ1v) is 6.73. The number of carbonyl (C=O) groups excluding carboxylic acids is 1. The van der Waals surface area contributed by atoms with Crippen molar-refractivity contribution in [2.45, 2.75) is 50.7 Å². The Bertz CT molecular complexity index is 257. The minimum absolute atomic E-state index is 0.417. The molecule has 98 valence electrons. The van der Waals surface area contributed by atoms with Crippen molar-refractivity contribution in [3.63, 3.8) is 0 Å². The highest BCUT2D eigenvalue weighted by Crippen LogP contribution is 2.35. The zero-order valence-electron chi connectivity index (χ0n) is 10.6. The summed E-state index contributed by atoms with van der Waals surface area (Å²) in [5.74, 6) is 0. The number of urea groups is 1. The Morgan fingerprint density at radius 2 is 2.00 bits per heavy atom. The molecule has 0 aromatic carbocycles. The van der Waals surface area contributed by atoms with Gasteiger partial charge < -0.3 is 16.4 Å². The number of primary amides is 1. The summed E-state index contributed by atoms with van der Waals surface area (Å²) in [5.41, 5.74) is 5.08. The molecule has 2 amide bonds. The molecule has 0 aromatic rings. The smallest absolute Gasteiger partial charge is 0.312 e. The number of rotatable bonds is 5. The molecule has 0 saturated carbocycles. The maximum Gasteiger partial charge on any atom is 0.312 e. The number of piperidine rings is 1. The molecule has 2 unspecified atom stereocenters.